The molecule has 0 radical (unpaired) electrons. The van der Waals surface area contributed by atoms with Crippen LogP contribution in [-0.4, -0.2) is 60.4 Å². The van der Waals surface area contributed by atoms with Crippen molar-refractivity contribution in [2.24, 2.45) is 5.92 Å². The van der Waals surface area contributed by atoms with Crippen molar-refractivity contribution in [2.45, 2.75) is 45.8 Å². The number of rotatable bonds is 7. The highest BCUT2D eigenvalue weighted by atomic mass is 16.5. The van der Waals surface area contributed by atoms with Crippen LogP contribution >= 0.6 is 0 Å². The average Bonchev–Trinajstić information content (AvgIpc) is 2.37. The predicted octanol–water partition coefficient (Wildman–Crippen LogP) is 1.14. The van der Waals surface area contributed by atoms with Crippen LogP contribution in [0.3, 0.4) is 0 Å². The van der Waals surface area contributed by atoms with Crippen LogP contribution < -0.4 is 0 Å². The molecule has 0 aromatic rings. The molecule has 1 aliphatic heterocycles. The second kappa shape index (κ2) is 8.21. The number of carbonyl (C=O) groups is 2. The summed E-state index contributed by atoms with van der Waals surface area (Å²) in [6.07, 6.45) is 0.481. The number of carbonyl (C=O) groups excluding carboxylic acids is 1. The second-order valence-corrected chi connectivity index (χ2v) is 5.60. The maximum atomic E-state index is 12.0. The van der Waals surface area contributed by atoms with Gasteiger partial charge in [-0.15, -0.1) is 0 Å². The van der Waals surface area contributed by atoms with E-state index in [0.29, 0.717) is 19.1 Å². The lowest BCUT2D eigenvalue weighted by molar-refractivity contribution is -0.159. The SMILES string of the molecule is CC(C)C[C@H](C)OCCC(=O)N1CCO[C@H](C(=O)O)C1. The van der Waals surface area contributed by atoms with E-state index in [0.717, 1.165) is 6.42 Å². The van der Waals surface area contributed by atoms with Crippen molar-refractivity contribution in [3.8, 4) is 0 Å². The van der Waals surface area contributed by atoms with Gasteiger partial charge in [-0.1, -0.05) is 13.8 Å². The van der Waals surface area contributed by atoms with Crippen LogP contribution in [0.5, 0.6) is 0 Å². The van der Waals surface area contributed by atoms with Gasteiger partial charge in [0.2, 0.25) is 5.91 Å². The van der Waals surface area contributed by atoms with Gasteiger partial charge in [-0.3, -0.25) is 4.79 Å². The molecule has 1 heterocycles. The molecule has 1 N–H and O–H groups in total. The summed E-state index contributed by atoms with van der Waals surface area (Å²) in [6.45, 7) is 7.48. The van der Waals surface area contributed by atoms with E-state index in [1.807, 2.05) is 6.92 Å². The number of hydrogen-bond acceptors (Lipinski definition) is 4. The fourth-order valence-corrected chi connectivity index (χ4v) is 2.26. The first-order valence-corrected chi connectivity index (χ1v) is 7.14. The van der Waals surface area contributed by atoms with Gasteiger partial charge in [-0.25, -0.2) is 4.79 Å². The van der Waals surface area contributed by atoms with Crippen LogP contribution in [0.25, 0.3) is 0 Å². The molecule has 0 spiro atoms. The third-order valence-electron chi connectivity index (χ3n) is 3.22. The van der Waals surface area contributed by atoms with Crippen molar-refractivity contribution in [1.82, 2.24) is 4.90 Å². The van der Waals surface area contributed by atoms with Gasteiger partial charge < -0.3 is 19.5 Å². The highest BCUT2D eigenvalue weighted by Crippen LogP contribution is 2.10. The van der Waals surface area contributed by atoms with Crippen molar-refractivity contribution in [2.75, 3.05) is 26.3 Å². The Labute approximate surface area is 120 Å². The molecule has 20 heavy (non-hydrogen) atoms. The Morgan fingerprint density at radius 2 is 2.10 bits per heavy atom. The number of hydrogen-bond donors (Lipinski definition) is 1. The number of aliphatic carboxylic acids is 1. The van der Waals surface area contributed by atoms with E-state index < -0.39 is 12.1 Å². The quantitative estimate of drug-likeness (QED) is 0.760. The van der Waals surface area contributed by atoms with Crippen LogP contribution in [0.2, 0.25) is 0 Å². The molecular weight excluding hydrogens is 262 g/mol. The van der Waals surface area contributed by atoms with Crippen molar-refractivity contribution in [1.29, 1.82) is 0 Å². The third kappa shape index (κ3) is 5.88. The van der Waals surface area contributed by atoms with Crippen LogP contribution in [0.1, 0.15) is 33.6 Å². The Bertz CT molecular complexity index is 332. The first-order chi connectivity index (χ1) is 9.40. The zero-order chi connectivity index (χ0) is 15.1. The van der Waals surface area contributed by atoms with Gasteiger partial charge in [0.15, 0.2) is 6.10 Å². The summed E-state index contributed by atoms with van der Waals surface area (Å²) in [7, 11) is 0. The summed E-state index contributed by atoms with van der Waals surface area (Å²) in [6, 6.07) is 0. The molecule has 2 atom stereocenters. The van der Waals surface area contributed by atoms with Gasteiger partial charge >= 0.3 is 5.97 Å². The Morgan fingerprint density at radius 3 is 2.70 bits per heavy atom. The van der Waals surface area contributed by atoms with Gasteiger partial charge in [0.05, 0.1) is 32.3 Å². The molecule has 1 fully saturated rings. The number of amides is 1. The minimum Gasteiger partial charge on any atom is -0.479 e. The van der Waals surface area contributed by atoms with E-state index in [2.05, 4.69) is 13.8 Å². The molecule has 0 bridgehead atoms. The maximum Gasteiger partial charge on any atom is 0.334 e. The lowest BCUT2D eigenvalue weighted by Crippen LogP contribution is -2.48. The van der Waals surface area contributed by atoms with E-state index in [4.69, 9.17) is 14.6 Å². The van der Waals surface area contributed by atoms with Gasteiger partial charge in [0.1, 0.15) is 0 Å². The van der Waals surface area contributed by atoms with Crippen LogP contribution in [0.15, 0.2) is 0 Å². The number of carboxylic acids is 1. The van der Waals surface area contributed by atoms with Gasteiger partial charge in [0.25, 0.3) is 0 Å². The lowest BCUT2D eigenvalue weighted by atomic mass is 10.1. The summed E-state index contributed by atoms with van der Waals surface area (Å²) >= 11 is 0. The average molecular weight is 287 g/mol. The molecule has 116 valence electrons. The normalized spacial score (nSPS) is 21.0. The summed E-state index contributed by atoms with van der Waals surface area (Å²) in [5, 5.41) is 8.88. The predicted molar refractivity (Wildman–Crippen MR) is 73.4 cm³/mol. The Balaban J connectivity index is 2.27. The number of ether oxygens (including phenoxy) is 2. The zero-order valence-corrected chi connectivity index (χ0v) is 12.5. The Hall–Kier alpha value is -1.14. The van der Waals surface area contributed by atoms with Gasteiger partial charge in [0, 0.05) is 6.54 Å². The fraction of sp³-hybridized carbons (Fsp3) is 0.857. The Morgan fingerprint density at radius 1 is 1.40 bits per heavy atom. The molecule has 0 saturated carbocycles. The lowest BCUT2D eigenvalue weighted by Gasteiger charge is -2.31. The minimum atomic E-state index is -1.02. The molecule has 1 saturated heterocycles. The van der Waals surface area contributed by atoms with Crippen LogP contribution in [0, 0.1) is 5.92 Å². The molecule has 0 aromatic heterocycles. The van der Waals surface area contributed by atoms with Crippen LogP contribution in [-0.2, 0) is 19.1 Å². The molecule has 0 aromatic carbocycles. The van der Waals surface area contributed by atoms with Crippen LogP contribution in [0.4, 0.5) is 0 Å². The minimum absolute atomic E-state index is 0.0729. The first kappa shape index (κ1) is 16.9. The summed E-state index contributed by atoms with van der Waals surface area (Å²) in [5.74, 6) is -0.531. The largest absolute Gasteiger partial charge is 0.479 e. The smallest absolute Gasteiger partial charge is 0.334 e. The highest BCUT2D eigenvalue weighted by Gasteiger charge is 2.28. The Kier molecular flexibility index (Phi) is 6.95. The monoisotopic (exact) mass is 287 g/mol. The van der Waals surface area contributed by atoms with Crippen molar-refractivity contribution in [3.05, 3.63) is 0 Å². The summed E-state index contributed by atoms with van der Waals surface area (Å²) < 4.78 is 10.7. The molecule has 1 aliphatic rings. The van der Waals surface area contributed by atoms with E-state index in [-0.39, 0.29) is 31.6 Å². The number of nitrogens with zero attached hydrogens (tertiary/aromatic N) is 1. The van der Waals surface area contributed by atoms with Gasteiger partial charge in [-0.2, -0.15) is 0 Å². The maximum absolute atomic E-state index is 12.0. The van der Waals surface area contributed by atoms with E-state index in [1.165, 1.54) is 0 Å². The third-order valence-corrected chi connectivity index (χ3v) is 3.22. The van der Waals surface area contributed by atoms with E-state index in [1.54, 1.807) is 4.90 Å². The second-order valence-electron chi connectivity index (χ2n) is 5.60. The molecule has 6 nitrogen and oxygen atoms in total. The highest BCUT2D eigenvalue weighted by molar-refractivity contribution is 5.78. The van der Waals surface area contributed by atoms with Crippen molar-refractivity contribution < 1.29 is 24.2 Å². The molecular formula is C14H25NO5. The zero-order valence-electron chi connectivity index (χ0n) is 12.5. The standard InChI is InChI=1S/C14H25NO5/c1-10(2)8-11(3)19-6-4-13(16)15-5-7-20-12(9-15)14(17)18/h10-12H,4-9H2,1-3H3,(H,17,18)/t11-,12-/m0/s1. The van der Waals surface area contributed by atoms with Crippen molar-refractivity contribution >= 4 is 11.9 Å². The fourth-order valence-electron chi connectivity index (χ4n) is 2.26. The number of carboxylic acid groups (broad SMARTS) is 1. The molecule has 0 unspecified atom stereocenters. The number of morpholine rings is 1. The topological polar surface area (TPSA) is 76.1 Å². The van der Waals surface area contributed by atoms with Gasteiger partial charge in [-0.05, 0) is 19.3 Å². The van der Waals surface area contributed by atoms with Crippen molar-refractivity contribution in [3.63, 3.8) is 0 Å². The molecule has 1 rings (SSSR count). The molecule has 1 amide bonds. The molecule has 0 aliphatic carbocycles. The summed E-state index contributed by atoms with van der Waals surface area (Å²) in [5.41, 5.74) is 0. The van der Waals surface area contributed by atoms with E-state index in [9.17, 15) is 9.59 Å². The van der Waals surface area contributed by atoms with E-state index >= 15 is 0 Å². The first-order valence-electron chi connectivity index (χ1n) is 7.14. The molecule has 6 heteroatoms. The summed E-state index contributed by atoms with van der Waals surface area (Å²) in [4.78, 5) is 24.3.